The first-order chi connectivity index (χ1) is 7.61. The second-order valence-electron chi connectivity index (χ2n) is 3.47. The topological polar surface area (TPSA) is 50.7 Å². The molecular weight excluding hydrogens is 204 g/mol. The predicted octanol–water partition coefficient (Wildman–Crippen LogP) is 1.40. The van der Waals surface area contributed by atoms with Crippen LogP contribution in [0.1, 0.15) is 16.7 Å². The van der Waals surface area contributed by atoms with Crippen LogP contribution < -0.4 is 5.32 Å². The molecule has 4 heteroatoms. The lowest BCUT2D eigenvalue weighted by Crippen LogP contribution is -2.29. The molecule has 1 aromatic carbocycles. The van der Waals surface area contributed by atoms with Gasteiger partial charge in [-0.1, -0.05) is 23.4 Å². The van der Waals surface area contributed by atoms with Crippen molar-refractivity contribution in [1.82, 2.24) is 5.32 Å². The lowest BCUT2D eigenvalue weighted by molar-refractivity contribution is -0.114. The summed E-state index contributed by atoms with van der Waals surface area (Å²) in [5, 5.41) is 6.34. The molecule has 1 rings (SSSR count). The molecule has 0 bridgehead atoms. The molecule has 1 aromatic rings. The molecule has 0 spiro atoms. The van der Waals surface area contributed by atoms with E-state index in [0.717, 1.165) is 16.7 Å². The van der Waals surface area contributed by atoms with Gasteiger partial charge in [0, 0.05) is 12.6 Å². The predicted molar refractivity (Wildman–Crippen MR) is 63.5 cm³/mol. The maximum absolute atomic E-state index is 11.7. The Bertz CT molecular complexity index is 405. The van der Waals surface area contributed by atoms with E-state index in [4.69, 9.17) is 4.84 Å². The molecule has 4 nitrogen and oxygen atoms in total. The number of nitrogens with one attached hydrogen (secondary N) is 1. The molecule has 86 valence electrons. The molecule has 0 aromatic heterocycles. The summed E-state index contributed by atoms with van der Waals surface area (Å²) in [6, 6.07) is 5.83. The molecule has 0 fully saturated rings. The summed E-state index contributed by atoms with van der Waals surface area (Å²) in [6.45, 7) is 3.88. The van der Waals surface area contributed by atoms with Crippen molar-refractivity contribution in [3.8, 4) is 0 Å². The number of hydrogen-bond acceptors (Lipinski definition) is 3. The Morgan fingerprint density at radius 3 is 2.31 bits per heavy atom. The SMILES string of the molecule is CNC(=O)/C(=N/OC)c1c(C)cccc1C. The van der Waals surface area contributed by atoms with Crippen molar-refractivity contribution in [2.75, 3.05) is 14.2 Å². The zero-order valence-electron chi connectivity index (χ0n) is 10.00. The molecule has 0 aliphatic rings. The van der Waals surface area contributed by atoms with E-state index in [0.29, 0.717) is 5.71 Å². The minimum atomic E-state index is -0.251. The second-order valence-corrected chi connectivity index (χ2v) is 3.47. The van der Waals surface area contributed by atoms with Gasteiger partial charge in [-0.25, -0.2) is 0 Å². The quantitative estimate of drug-likeness (QED) is 0.618. The highest BCUT2D eigenvalue weighted by Gasteiger charge is 2.17. The lowest BCUT2D eigenvalue weighted by Gasteiger charge is -2.10. The molecule has 0 heterocycles. The number of benzene rings is 1. The summed E-state index contributed by atoms with van der Waals surface area (Å²) in [5.74, 6) is -0.251. The van der Waals surface area contributed by atoms with Gasteiger partial charge in [-0.3, -0.25) is 4.79 Å². The van der Waals surface area contributed by atoms with E-state index in [2.05, 4.69) is 10.5 Å². The fourth-order valence-electron chi connectivity index (χ4n) is 1.60. The van der Waals surface area contributed by atoms with Crippen molar-refractivity contribution in [1.29, 1.82) is 0 Å². The number of rotatable bonds is 3. The number of carbonyl (C=O) groups is 1. The molecule has 0 atom stereocenters. The zero-order valence-corrected chi connectivity index (χ0v) is 10.00. The maximum atomic E-state index is 11.7. The summed E-state index contributed by atoms with van der Waals surface area (Å²) in [6.07, 6.45) is 0. The number of amides is 1. The number of aryl methyl sites for hydroxylation is 2. The third-order valence-electron chi connectivity index (χ3n) is 2.34. The average molecular weight is 220 g/mol. The maximum Gasteiger partial charge on any atom is 0.273 e. The fraction of sp³-hybridized carbons (Fsp3) is 0.333. The Morgan fingerprint density at radius 2 is 1.88 bits per heavy atom. The summed E-state index contributed by atoms with van der Waals surface area (Å²) in [7, 11) is 3.00. The Labute approximate surface area is 95.3 Å². The number of oxime groups is 1. The summed E-state index contributed by atoms with van der Waals surface area (Å²) in [5.41, 5.74) is 3.13. The van der Waals surface area contributed by atoms with Crippen LogP contribution in [0.15, 0.2) is 23.4 Å². The Hall–Kier alpha value is -1.84. The minimum Gasteiger partial charge on any atom is -0.398 e. The Kier molecular flexibility index (Phi) is 4.05. The smallest absolute Gasteiger partial charge is 0.273 e. The first-order valence-corrected chi connectivity index (χ1v) is 5.01. The van der Waals surface area contributed by atoms with Crippen LogP contribution in [0.2, 0.25) is 0 Å². The highest BCUT2D eigenvalue weighted by atomic mass is 16.6. The van der Waals surface area contributed by atoms with Crippen LogP contribution in [-0.4, -0.2) is 25.8 Å². The number of nitrogens with zero attached hydrogens (tertiary/aromatic N) is 1. The van der Waals surface area contributed by atoms with Crippen molar-refractivity contribution in [2.45, 2.75) is 13.8 Å². The van der Waals surface area contributed by atoms with E-state index >= 15 is 0 Å². The van der Waals surface area contributed by atoms with E-state index < -0.39 is 0 Å². The summed E-state index contributed by atoms with van der Waals surface area (Å²) in [4.78, 5) is 16.4. The van der Waals surface area contributed by atoms with Gasteiger partial charge in [0.25, 0.3) is 5.91 Å². The second kappa shape index (κ2) is 5.30. The summed E-state index contributed by atoms with van der Waals surface area (Å²) < 4.78 is 0. The molecule has 1 N–H and O–H groups in total. The molecule has 1 amide bonds. The molecule has 0 radical (unpaired) electrons. The van der Waals surface area contributed by atoms with Gasteiger partial charge in [0.15, 0.2) is 5.71 Å². The molecular formula is C12H16N2O2. The summed E-state index contributed by atoms with van der Waals surface area (Å²) >= 11 is 0. The molecule has 0 aliphatic carbocycles. The fourth-order valence-corrected chi connectivity index (χ4v) is 1.60. The monoisotopic (exact) mass is 220 g/mol. The molecule has 0 aliphatic heterocycles. The van der Waals surface area contributed by atoms with Crippen LogP contribution in [0, 0.1) is 13.8 Å². The lowest BCUT2D eigenvalue weighted by atomic mass is 9.98. The number of hydrogen-bond donors (Lipinski definition) is 1. The van der Waals surface area contributed by atoms with Gasteiger partial charge in [0.05, 0.1) is 0 Å². The van der Waals surface area contributed by atoms with Gasteiger partial charge in [0.1, 0.15) is 7.11 Å². The number of likely N-dealkylation sites (N-methyl/N-ethyl adjacent to an activating group) is 1. The normalized spacial score (nSPS) is 11.1. The Morgan fingerprint density at radius 1 is 1.31 bits per heavy atom. The van der Waals surface area contributed by atoms with E-state index in [9.17, 15) is 4.79 Å². The molecule has 0 unspecified atom stereocenters. The molecule has 0 saturated carbocycles. The highest BCUT2D eigenvalue weighted by molar-refractivity contribution is 6.45. The van der Waals surface area contributed by atoms with Gasteiger partial charge >= 0.3 is 0 Å². The molecule has 0 saturated heterocycles. The number of carbonyl (C=O) groups excluding carboxylic acids is 1. The van der Waals surface area contributed by atoms with Crippen LogP contribution in [-0.2, 0) is 9.63 Å². The largest absolute Gasteiger partial charge is 0.398 e. The van der Waals surface area contributed by atoms with E-state index in [1.807, 2.05) is 32.0 Å². The van der Waals surface area contributed by atoms with Crippen molar-refractivity contribution < 1.29 is 9.63 Å². The molecule has 16 heavy (non-hydrogen) atoms. The van der Waals surface area contributed by atoms with E-state index in [1.165, 1.54) is 7.11 Å². The first-order valence-electron chi connectivity index (χ1n) is 5.01. The van der Waals surface area contributed by atoms with Crippen LogP contribution in [0.25, 0.3) is 0 Å². The Balaban J connectivity index is 3.32. The van der Waals surface area contributed by atoms with Crippen molar-refractivity contribution in [3.05, 3.63) is 34.9 Å². The minimum absolute atomic E-state index is 0.251. The third kappa shape index (κ3) is 2.39. The van der Waals surface area contributed by atoms with E-state index in [-0.39, 0.29) is 5.91 Å². The standard InChI is InChI=1S/C12H16N2O2/c1-8-6-5-7-9(2)10(8)11(14-16-4)12(15)13-3/h5-7H,1-4H3,(H,13,15)/b14-11+. The third-order valence-corrected chi connectivity index (χ3v) is 2.34. The van der Waals surface area contributed by atoms with Gasteiger partial charge in [0.2, 0.25) is 0 Å². The first kappa shape index (κ1) is 12.2. The van der Waals surface area contributed by atoms with Crippen LogP contribution >= 0.6 is 0 Å². The van der Waals surface area contributed by atoms with Gasteiger partial charge < -0.3 is 10.2 Å². The van der Waals surface area contributed by atoms with Crippen LogP contribution in [0.5, 0.6) is 0 Å². The van der Waals surface area contributed by atoms with Crippen LogP contribution in [0.3, 0.4) is 0 Å². The zero-order chi connectivity index (χ0) is 12.1. The van der Waals surface area contributed by atoms with Crippen molar-refractivity contribution in [3.63, 3.8) is 0 Å². The van der Waals surface area contributed by atoms with Gasteiger partial charge in [-0.15, -0.1) is 0 Å². The van der Waals surface area contributed by atoms with E-state index in [1.54, 1.807) is 7.05 Å². The van der Waals surface area contributed by atoms with Crippen molar-refractivity contribution >= 4 is 11.6 Å². The van der Waals surface area contributed by atoms with Crippen LogP contribution in [0.4, 0.5) is 0 Å². The average Bonchev–Trinajstić information content (AvgIpc) is 2.26. The van der Waals surface area contributed by atoms with Gasteiger partial charge in [-0.05, 0) is 25.0 Å². The highest BCUT2D eigenvalue weighted by Crippen LogP contribution is 2.14. The van der Waals surface area contributed by atoms with Gasteiger partial charge in [-0.2, -0.15) is 0 Å². The van der Waals surface area contributed by atoms with Crippen molar-refractivity contribution in [2.24, 2.45) is 5.16 Å².